The highest BCUT2D eigenvalue weighted by molar-refractivity contribution is 5.93. The number of nitrogens with two attached hydrogens (primary N) is 2. The first-order valence-corrected chi connectivity index (χ1v) is 7.04. The fraction of sp³-hybridized carbons (Fsp3) is 0.467. The van der Waals surface area contributed by atoms with Gasteiger partial charge in [-0.1, -0.05) is 18.9 Å². The van der Waals surface area contributed by atoms with Gasteiger partial charge >= 0.3 is 0 Å². The van der Waals surface area contributed by atoms with Crippen LogP contribution in [0.5, 0.6) is 0 Å². The van der Waals surface area contributed by atoms with Crippen molar-refractivity contribution in [3.63, 3.8) is 0 Å². The molecule has 5 nitrogen and oxygen atoms in total. The summed E-state index contributed by atoms with van der Waals surface area (Å²) in [5.41, 5.74) is 12.9. The predicted octanol–water partition coefficient (Wildman–Crippen LogP) is 1.66. The lowest BCUT2D eigenvalue weighted by molar-refractivity contribution is -0.132. The number of benzene rings is 1. The third-order valence-electron chi connectivity index (χ3n) is 3.71. The van der Waals surface area contributed by atoms with Gasteiger partial charge in [-0.2, -0.15) is 0 Å². The minimum absolute atomic E-state index is 0.183. The van der Waals surface area contributed by atoms with E-state index in [1.54, 1.807) is 18.2 Å². The number of anilines is 1. The zero-order valence-electron chi connectivity index (χ0n) is 11.6. The molecule has 0 aliphatic carbocycles. The highest BCUT2D eigenvalue weighted by atomic mass is 16.2. The molecule has 1 aliphatic rings. The summed E-state index contributed by atoms with van der Waals surface area (Å²) in [6.07, 6.45) is 4.91. The topological polar surface area (TPSA) is 89.4 Å². The van der Waals surface area contributed by atoms with Gasteiger partial charge in [-0.25, -0.2) is 0 Å². The number of likely N-dealkylation sites (tertiary alicyclic amines) is 1. The fourth-order valence-electron chi connectivity index (χ4n) is 2.48. The molecule has 0 radical (unpaired) electrons. The Morgan fingerprint density at radius 1 is 1.20 bits per heavy atom. The molecule has 0 unspecified atom stereocenters. The van der Waals surface area contributed by atoms with Crippen molar-refractivity contribution in [3.05, 3.63) is 29.3 Å². The number of nitrogens with zero attached hydrogens (tertiary/aromatic N) is 1. The fourth-order valence-corrected chi connectivity index (χ4v) is 2.48. The summed E-state index contributed by atoms with van der Waals surface area (Å²) >= 11 is 0. The lowest BCUT2D eigenvalue weighted by Gasteiger charge is -2.25. The highest BCUT2D eigenvalue weighted by Gasteiger charge is 2.17. The molecule has 0 aromatic heterocycles. The Bertz CT molecular complexity index is 514. The van der Waals surface area contributed by atoms with Gasteiger partial charge in [0.2, 0.25) is 11.8 Å². The summed E-state index contributed by atoms with van der Waals surface area (Å²) in [6.45, 7) is 1.28. The SMILES string of the molecule is NC(=O)c1ccc(CN2CCCCCCC2=O)c(N)c1. The zero-order chi connectivity index (χ0) is 14.5. The molecule has 0 bridgehead atoms. The minimum atomic E-state index is -0.495. The van der Waals surface area contributed by atoms with Crippen LogP contribution in [-0.4, -0.2) is 23.3 Å². The maximum atomic E-state index is 12.1. The maximum Gasteiger partial charge on any atom is 0.248 e. The molecule has 2 amide bonds. The summed E-state index contributed by atoms with van der Waals surface area (Å²) in [5, 5.41) is 0. The van der Waals surface area contributed by atoms with Gasteiger partial charge in [0.1, 0.15) is 0 Å². The molecule has 1 aromatic rings. The molecule has 1 heterocycles. The van der Waals surface area contributed by atoms with Crippen LogP contribution in [-0.2, 0) is 11.3 Å². The molecule has 1 aromatic carbocycles. The minimum Gasteiger partial charge on any atom is -0.398 e. The van der Waals surface area contributed by atoms with Crippen molar-refractivity contribution in [2.75, 3.05) is 12.3 Å². The Hall–Kier alpha value is -2.04. The van der Waals surface area contributed by atoms with Crippen molar-refractivity contribution in [2.45, 2.75) is 38.6 Å². The molecule has 0 atom stereocenters. The summed E-state index contributed by atoms with van der Waals surface area (Å²) in [5.74, 6) is -0.311. The van der Waals surface area contributed by atoms with Gasteiger partial charge in [-0.15, -0.1) is 0 Å². The quantitative estimate of drug-likeness (QED) is 0.822. The summed E-state index contributed by atoms with van der Waals surface area (Å²) in [6, 6.07) is 5.01. The van der Waals surface area contributed by atoms with Crippen LogP contribution in [0.1, 0.15) is 48.0 Å². The first-order chi connectivity index (χ1) is 9.58. The Morgan fingerprint density at radius 2 is 1.95 bits per heavy atom. The van der Waals surface area contributed by atoms with Gasteiger partial charge < -0.3 is 16.4 Å². The van der Waals surface area contributed by atoms with E-state index in [2.05, 4.69) is 0 Å². The number of primary amides is 1. The van der Waals surface area contributed by atoms with Crippen molar-refractivity contribution < 1.29 is 9.59 Å². The molecular formula is C15H21N3O2. The molecule has 1 saturated heterocycles. The molecular weight excluding hydrogens is 254 g/mol. The number of rotatable bonds is 3. The molecule has 0 spiro atoms. The van der Waals surface area contributed by atoms with E-state index in [0.717, 1.165) is 31.4 Å². The van der Waals surface area contributed by atoms with E-state index < -0.39 is 5.91 Å². The van der Waals surface area contributed by atoms with Crippen LogP contribution >= 0.6 is 0 Å². The first-order valence-electron chi connectivity index (χ1n) is 7.04. The van der Waals surface area contributed by atoms with Gasteiger partial charge in [0.15, 0.2) is 0 Å². The van der Waals surface area contributed by atoms with Crippen molar-refractivity contribution in [2.24, 2.45) is 5.73 Å². The van der Waals surface area contributed by atoms with E-state index in [1.165, 1.54) is 6.42 Å². The maximum absolute atomic E-state index is 12.1. The molecule has 5 heteroatoms. The number of amides is 2. The number of nitrogen functional groups attached to an aromatic ring is 1. The summed E-state index contributed by atoms with van der Waals surface area (Å²) in [4.78, 5) is 25.0. The largest absolute Gasteiger partial charge is 0.398 e. The molecule has 108 valence electrons. The van der Waals surface area contributed by atoms with Crippen LogP contribution in [0.4, 0.5) is 5.69 Å². The van der Waals surface area contributed by atoms with E-state index in [9.17, 15) is 9.59 Å². The van der Waals surface area contributed by atoms with Crippen molar-refractivity contribution in [1.29, 1.82) is 0 Å². The van der Waals surface area contributed by atoms with Gasteiger partial charge in [0, 0.05) is 30.8 Å². The van der Waals surface area contributed by atoms with Crippen LogP contribution in [0.15, 0.2) is 18.2 Å². The average molecular weight is 275 g/mol. The zero-order valence-corrected chi connectivity index (χ0v) is 11.6. The Morgan fingerprint density at radius 3 is 2.65 bits per heavy atom. The first kappa shape index (κ1) is 14.4. The second-order valence-electron chi connectivity index (χ2n) is 5.26. The number of hydrogen-bond donors (Lipinski definition) is 2. The van der Waals surface area contributed by atoms with Crippen molar-refractivity contribution >= 4 is 17.5 Å². The van der Waals surface area contributed by atoms with Crippen molar-refractivity contribution in [1.82, 2.24) is 4.90 Å². The lowest BCUT2D eigenvalue weighted by Crippen LogP contribution is -2.32. The van der Waals surface area contributed by atoms with Crippen molar-refractivity contribution in [3.8, 4) is 0 Å². The Kier molecular flexibility index (Phi) is 4.61. The van der Waals surface area contributed by atoms with E-state index in [1.807, 2.05) is 4.90 Å². The smallest absolute Gasteiger partial charge is 0.248 e. The monoisotopic (exact) mass is 275 g/mol. The third-order valence-corrected chi connectivity index (χ3v) is 3.71. The normalized spacial score (nSPS) is 16.6. The summed E-state index contributed by atoms with van der Waals surface area (Å²) in [7, 11) is 0. The standard InChI is InChI=1S/C15H21N3O2/c16-13-9-11(15(17)20)6-7-12(13)10-18-8-4-2-1-3-5-14(18)19/h6-7,9H,1-5,8,10,16H2,(H2,17,20). The van der Waals surface area contributed by atoms with Crippen LogP contribution in [0.2, 0.25) is 0 Å². The van der Waals surface area contributed by atoms with E-state index in [0.29, 0.717) is 24.2 Å². The second kappa shape index (κ2) is 6.41. The molecule has 2 rings (SSSR count). The summed E-state index contributed by atoms with van der Waals surface area (Å²) < 4.78 is 0. The molecule has 0 saturated carbocycles. The number of carbonyl (C=O) groups is 2. The second-order valence-corrected chi connectivity index (χ2v) is 5.26. The van der Waals surface area contributed by atoms with Crippen LogP contribution in [0.25, 0.3) is 0 Å². The van der Waals surface area contributed by atoms with Gasteiger partial charge in [-0.3, -0.25) is 9.59 Å². The molecule has 1 fully saturated rings. The van der Waals surface area contributed by atoms with Crippen LogP contribution in [0, 0.1) is 0 Å². The van der Waals surface area contributed by atoms with E-state index in [-0.39, 0.29) is 5.91 Å². The molecule has 4 N–H and O–H groups in total. The number of carbonyl (C=O) groups excluding carboxylic acids is 2. The highest BCUT2D eigenvalue weighted by Crippen LogP contribution is 2.19. The third kappa shape index (κ3) is 3.50. The Labute approximate surface area is 118 Å². The van der Waals surface area contributed by atoms with Crippen LogP contribution in [0.3, 0.4) is 0 Å². The van der Waals surface area contributed by atoms with E-state index >= 15 is 0 Å². The predicted molar refractivity (Wildman–Crippen MR) is 77.9 cm³/mol. The van der Waals surface area contributed by atoms with E-state index in [4.69, 9.17) is 11.5 Å². The molecule has 20 heavy (non-hydrogen) atoms. The van der Waals surface area contributed by atoms with Gasteiger partial charge in [-0.05, 0) is 30.5 Å². The van der Waals surface area contributed by atoms with Crippen LogP contribution < -0.4 is 11.5 Å². The molecule has 1 aliphatic heterocycles. The van der Waals surface area contributed by atoms with Gasteiger partial charge in [0.25, 0.3) is 0 Å². The number of hydrogen-bond acceptors (Lipinski definition) is 3. The Balaban J connectivity index is 2.11. The average Bonchev–Trinajstić information content (AvgIpc) is 2.40. The lowest BCUT2D eigenvalue weighted by atomic mass is 10.1. The van der Waals surface area contributed by atoms with Gasteiger partial charge in [0.05, 0.1) is 0 Å².